The molecule has 4 atom stereocenters. The van der Waals surface area contributed by atoms with E-state index in [2.05, 4.69) is 32.2 Å². The maximum Gasteiger partial charge on any atom is 0.264 e. The quantitative estimate of drug-likeness (QED) is 0.0952. The van der Waals surface area contributed by atoms with Crippen molar-refractivity contribution in [3.8, 4) is 5.75 Å². The molecule has 2 aliphatic rings. The molecule has 0 aliphatic carbocycles. The van der Waals surface area contributed by atoms with Crippen molar-refractivity contribution in [3.05, 3.63) is 150 Å². The molecule has 2 heterocycles. The third-order valence-electron chi connectivity index (χ3n) is 11.8. The van der Waals surface area contributed by atoms with Gasteiger partial charge in [-0.15, -0.1) is 0 Å². The summed E-state index contributed by atoms with van der Waals surface area (Å²) >= 11 is 0. The number of carbonyl (C=O) groups excluding carboxylic acids is 3. The fourth-order valence-electron chi connectivity index (χ4n) is 8.95. The van der Waals surface area contributed by atoms with Crippen LogP contribution >= 0.6 is 0 Å². The van der Waals surface area contributed by atoms with Gasteiger partial charge in [0.1, 0.15) is 5.75 Å². The lowest BCUT2D eigenvalue weighted by Crippen LogP contribution is -2.52. The lowest BCUT2D eigenvalue weighted by molar-refractivity contribution is -0.150. The van der Waals surface area contributed by atoms with E-state index in [0.29, 0.717) is 13.1 Å². The molecule has 0 aromatic heterocycles. The number of nitrogens with zero attached hydrogens (tertiary/aromatic N) is 3. The predicted molar refractivity (Wildman–Crippen MR) is 222 cm³/mol. The number of benzene rings is 5. The number of fused-ring (bicyclic) bond motifs is 2. The predicted octanol–water partition coefficient (Wildman–Crippen LogP) is 7.16. The van der Waals surface area contributed by atoms with Crippen LogP contribution in [0, 0.1) is 5.92 Å². The van der Waals surface area contributed by atoms with Gasteiger partial charge in [0.15, 0.2) is 5.60 Å². The highest BCUT2D eigenvalue weighted by Gasteiger charge is 2.66. The van der Waals surface area contributed by atoms with Crippen molar-refractivity contribution < 1.29 is 29.0 Å². The standard InChI is InChI=1S/C46H49N3O6Si/c1-33-44(56(3,4)39-25-23-38(54-2)24-26-39)42(29-43(52)47(27-28-50)30-34-13-7-5-8-14-34)55-46(33)40-17-11-12-18-41(40)48(45(46)53)31-35-19-21-37(22-20-35)49(32-51)36-15-9-6-10-16-36/h5-26,32-33,42,44,50H,27-31H2,1-4H3/t33-,42+,44-,46+/m0/s1. The summed E-state index contributed by atoms with van der Waals surface area (Å²) < 4.78 is 12.7. The van der Waals surface area contributed by atoms with Crippen LogP contribution in [0.5, 0.6) is 5.75 Å². The number of ether oxygens (including phenoxy) is 2. The number of para-hydroxylation sites is 2. The maximum atomic E-state index is 15.2. The van der Waals surface area contributed by atoms with Crippen molar-refractivity contribution in [3.63, 3.8) is 0 Å². The Labute approximate surface area is 330 Å². The van der Waals surface area contributed by atoms with Crippen LogP contribution in [0.2, 0.25) is 18.6 Å². The summed E-state index contributed by atoms with van der Waals surface area (Å²) in [6, 6.07) is 42.9. The molecule has 1 N–H and O–H groups in total. The van der Waals surface area contributed by atoms with Gasteiger partial charge in [0, 0.05) is 35.9 Å². The molecule has 7 rings (SSSR count). The highest BCUT2D eigenvalue weighted by molar-refractivity contribution is 6.91. The van der Waals surface area contributed by atoms with Gasteiger partial charge in [-0.1, -0.05) is 116 Å². The topological polar surface area (TPSA) is 99.6 Å². The van der Waals surface area contributed by atoms with Crippen LogP contribution < -0.4 is 19.7 Å². The zero-order valence-corrected chi connectivity index (χ0v) is 33.4. The van der Waals surface area contributed by atoms with Crippen LogP contribution in [0.4, 0.5) is 17.1 Å². The van der Waals surface area contributed by atoms with Crippen molar-refractivity contribution >= 4 is 48.5 Å². The van der Waals surface area contributed by atoms with Gasteiger partial charge in [-0.25, -0.2) is 0 Å². The van der Waals surface area contributed by atoms with E-state index in [1.54, 1.807) is 16.9 Å². The number of aliphatic hydroxyl groups is 1. The molecule has 0 bridgehead atoms. The lowest BCUT2D eigenvalue weighted by atomic mass is 9.82. The Morgan fingerprint density at radius 2 is 1.48 bits per heavy atom. The maximum absolute atomic E-state index is 15.2. The van der Waals surface area contributed by atoms with E-state index in [4.69, 9.17) is 9.47 Å². The summed E-state index contributed by atoms with van der Waals surface area (Å²) in [5.41, 5.74) is 3.50. The molecule has 1 fully saturated rings. The number of amides is 3. The number of anilines is 3. The number of hydrogen-bond donors (Lipinski definition) is 1. The lowest BCUT2D eigenvalue weighted by Gasteiger charge is -2.37. The Morgan fingerprint density at radius 1 is 0.857 bits per heavy atom. The molecular formula is C46H49N3O6Si. The molecule has 0 saturated carbocycles. The third kappa shape index (κ3) is 7.16. The van der Waals surface area contributed by atoms with E-state index in [-0.39, 0.29) is 42.8 Å². The Bertz CT molecular complexity index is 2150. The molecule has 56 heavy (non-hydrogen) atoms. The molecule has 288 valence electrons. The summed E-state index contributed by atoms with van der Waals surface area (Å²) in [5, 5.41) is 11.2. The molecule has 3 amide bonds. The number of methoxy groups -OCH3 is 1. The number of hydrogen-bond acceptors (Lipinski definition) is 6. The Morgan fingerprint density at radius 3 is 2.12 bits per heavy atom. The average Bonchev–Trinajstić information content (AvgIpc) is 3.65. The first-order chi connectivity index (χ1) is 27.1. The largest absolute Gasteiger partial charge is 0.497 e. The first-order valence-corrected chi connectivity index (χ1v) is 22.2. The molecule has 9 nitrogen and oxygen atoms in total. The van der Waals surface area contributed by atoms with Gasteiger partial charge in [-0.3, -0.25) is 19.3 Å². The highest BCUT2D eigenvalue weighted by atomic mass is 28.3. The van der Waals surface area contributed by atoms with Gasteiger partial charge in [0.2, 0.25) is 12.3 Å². The molecule has 2 aliphatic heterocycles. The normalized spacial score (nSPS) is 20.2. The Kier molecular flexibility index (Phi) is 11.2. The van der Waals surface area contributed by atoms with Crippen molar-refractivity contribution in [2.24, 2.45) is 5.92 Å². The van der Waals surface area contributed by atoms with Gasteiger partial charge in [-0.2, -0.15) is 0 Å². The monoisotopic (exact) mass is 767 g/mol. The summed E-state index contributed by atoms with van der Waals surface area (Å²) in [7, 11) is -0.846. The number of rotatable bonds is 14. The average molecular weight is 768 g/mol. The van der Waals surface area contributed by atoms with Crippen molar-refractivity contribution in [1.29, 1.82) is 0 Å². The zero-order valence-electron chi connectivity index (χ0n) is 32.4. The summed E-state index contributed by atoms with van der Waals surface area (Å²) in [4.78, 5) is 46.8. The van der Waals surface area contributed by atoms with Gasteiger partial charge >= 0.3 is 0 Å². The minimum atomic E-state index is -2.50. The zero-order chi connectivity index (χ0) is 39.5. The molecule has 0 radical (unpaired) electrons. The molecule has 5 aromatic carbocycles. The van der Waals surface area contributed by atoms with E-state index in [0.717, 1.165) is 45.9 Å². The second-order valence-corrected chi connectivity index (χ2v) is 20.0. The van der Waals surface area contributed by atoms with Crippen LogP contribution in [0.3, 0.4) is 0 Å². The van der Waals surface area contributed by atoms with E-state index in [9.17, 15) is 14.7 Å². The molecule has 0 unspecified atom stereocenters. The molecule has 10 heteroatoms. The smallest absolute Gasteiger partial charge is 0.264 e. The van der Waals surface area contributed by atoms with Crippen molar-refractivity contribution in [2.45, 2.75) is 56.8 Å². The van der Waals surface area contributed by atoms with E-state index >= 15 is 4.79 Å². The van der Waals surface area contributed by atoms with Gasteiger partial charge in [-0.05, 0) is 59.1 Å². The van der Waals surface area contributed by atoms with Gasteiger partial charge < -0.3 is 24.4 Å². The second kappa shape index (κ2) is 16.3. The minimum absolute atomic E-state index is 0.0712. The van der Waals surface area contributed by atoms with E-state index < -0.39 is 19.8 Å². The van der Waals surface area contributed by atoms with Crippen LogP contribution in [0.1, 0.15) is 30.0 Å². The van der Waals surface area contributed by atoms with E-state index in [1.165, 1.54) is 5.19 Å². The van der Waals surface area contributed by atoms with Crippen LogP contribution in [-0.2, 0) is 37.8 Å². The van der Waals surface area contributed by atoms with Gasteiger partial charge in [0.25, 0.3) is 5.91 Å². The van der Waals surface area contributed by atoms with Crippen LogP contribution in [0.25, 0.3) is 0 Å². The van der Waals surface area contributed by atoms with Crippen molar-refractivity contribution in [2.75, 3.05) is 30.1 Å². The summed E-state index contributed by atoms with van der Waals surface area (Å²) in [5.74, 6) is 0.209. The minimum Gasteiger partial charge on any atom is -0.497 e. The van der Waals surface area contributed by atoms with Crippen LogP contribution in [0.15, 0.2) is 133 Å². The number of aliphatic hydroxyl groups excluding tert-OH is 1. The fraction of sp³-hybridized carbons (Fsp3) is 0.283. The second-order valence-electron chi connectivity index (χ2n) is 15.3. The van der Waals surface area contributed by atoms with Crippen molar-refractivity contribution in [1.82, 2.24) is 4.90 Å². The summed E-state index contributed by atoms with van der Waals surface area (Å²) in [6.07, 6.45) is 0.301. The molecule has 1 saturated heterocycles. The highest BCUT2D eigenvalue weighted by Crippen LogP contribution is 2.60. The Balaban J connectivity index is 1.23. The fourth-order valence-corrected chi connectivity index (χ4v) is 13.0. The third-order valence-corrected chi connectivity index (χ3v) is 16.1. The first-order valence-electron chi connectivity index (χ1n) is 19.2. The first kappa shape index (κ1) is 38.7. The Hall–Kier alpha value is -5.55. The molecular weight excluding hydrogens is 719 g/mol. The van der Waals surface area contributed by atoms with Crippen LogP contribution in [-0.4, -0.2) is 62.7 Å². The van der Waals surface area contributed by atoms with Gasteiger partial charge in [0.05, 0.1) is 46.5 Å². The number of carbonyl (C=O) groups is 3. The van der Waals surface area contributed by atoms with E-state index in [1.807, 2.05) is 126 Å². The molecule has 5 aromatic rings. The summed E-state index contributed by atoms with van der Waals surface area (Å²) in [6.45, 7) is 7.41. The molecule has 1 spiro atoms. The SMILES string of the molecule is COc1ccc([Si](C)(C)[C@@H]2[C@@H](CC(=O)N(CCO)Cc3ccccc3)O[C@]3(C(=O)N(Cc4ccc(N(C=O)c5ccccc5)cc4)c4ccccc43)[C@H]2C)cc1.